The normalized spacial score (nSPS) is 9.96. The minimum absolute atomic E-state index is 0.0316. The summed E-state index contributed by atoms with van der Waals surface area (Å²) in [5, 5.41) is 2.49. The van der Waals surface area contributed by atoms with E-state index in [-0.39, 0.29) is 24.3 Å². The van der Waals surface area contributed by atoms with E-state index in [2.05, 4.69) is 16.2 Å². The van der Waals surface area contributed by atoms with Gasteiger partial charge in [0.15, 0.2) is 5.76 Å². The maximum Gasteiger partial charge on any atom is 0.286 e. The summed E-state index contributed by atoms with van der Waals surface area (Å²) in [6.45, 7) is 0.0811. The molecule has 0 bridgehead atoms. The minimum atomic E-state index is -0.571. The molecule has 3 N–H and O–H groups in total. The van der Waals surface area contributed by atoms with Gasteiger partial charge < -0.3 is 9.73 Å². The van der Waals surface area contributed by atoms with Gasteiger partial charge >= 0.3 is 0 Å². The number of hydrogen-bond acceptors (Lipinski definition) is 4. The van der Waals surface area contributed by atoms with Crippen molar-refractivity contribution >= 4 is 17.7 Å². The molecule has 7 nitrogen and oxygen atoms in total. The number of hydrogen-bond donors (Lipinski definition) is 3. The molecule has 8 heteroatoms. The SMILES string of the molecule is O=C(CCNC(=O)c1ccco1)NNC(=O)c1ccc(F)cc1. The third-order valence-corrected chi connectivity index (χ3v) is 2.80. The molecule has 0 fully saturated rings. The molecule has 0 atom stereocenters. The Hall–Kier alpha value is -3.16. The van der Waals surface area contributed by atoms with Gasteiger partial charge in [-0.1, -0.05) is 0 Å². The maximum absolute atomic E-state index is 12.7. The highest BCUT2D eigenvalue weighted by molar-refractivity contribution is 5.95. The van der Waals surface area contributed by atoms with Crippen molar-refractivity contribution in [2.45, 2.75) is 6.42 Å². The van der Waals surface area contributed by atoms with Crippen molar-refractivity contribution in [2.75, 3.05) is 6.54 Å². The lowest BCUT2D eigenvalue weighted by molar-refractivity contribution is -0.121. The molecule has 0 spiro atoms. The molecule has 2 aromatic rings. The Balaban J connectivity index is 1.68. The Labute approximate surface area is 130 Å². The van der Waals surface area contributed by atoms with Crippen LogP contribution < -0.4 is 16.2 Å². The van der Waals surface area contributed by atoms with Crippen LogP contribution in [-0.2, 0) is 4.79 Å². The van der Waals surface area contributed by atoms with E-state index in [1.54, 1.807) is 6.07 Å². The molecule has 0 unspecified atom stereocenters. The van der Waals surface area contributed by atoms with Crippen LogP contribution in [0.15, 0.2) is 47.1 Å². The van der Waals surface area contributed by atoms with Crippen molar-refractivity contribution < 1.29 is 23.2 Å². The average Bonchev–Trinajstić information content (AvgIpc) is 3.07. The molecule has 0 aliphatic rings. The molecule has 1 heterocycles. The van der Waals surface area contributed by atoms with Crippen molar-refractivity contribution in [3.63, 3.8) is 0 Å². The van der Waals surface area contributed by atoms with E-state index in [9.17, 15) is 18.8 Å². The Morgan fingerprint density at radius 1 is 1.00 bits per heavy atom. The smallest absolute Gasteiger partial charge is 0.286 e. The highest BCUT2D eigenvalue weighted by atomic mass is 19.1. The maximum atomic E-state index is 12.7. The van der Waals surface area contributed by atoms with Crippen molar-refractivity contribution in [3.05, 3.63) is 59.8 Å². The van der Waals surface area contributed by atoms with Gasteiger partial charge in [0.25, 0.3) is 11.8 Å². The van der Waals surface area contributed by atoms with Crippen LogP contribution in [0.2, 0.25) is 0 Å². The Kier molecular flexibility index (Phi) is 5.45. The first-order chi connectivity index (χ1) is 11.1. The minimum Gasteiger partial charge on any atom is -0.459 e. The summed E-state index contributed by atoms with van der Waals surface area (Å²) in [6.07, 6.45) is 1.34. The number of carbonyl (C=O) groups is 3. The molecule has 0 radical (unpaired) electrons. The van der Waals surface area contributed by atoms with Gasteiger partial charge in [-0.3, -0.25) is 25.2 Å². The van der Waals surface area contributed by atoms with Gasteiger partial charge in [-0.2, -0.15) is 0 Å². The topological polar surface area (TPSA) is 100 Å². The molecule has 0 saturated carbocycles. The monoisotopic (exact) mass is 319 g/mol. The fraction of sp³-hybridized carbons (Fsp3) is 0.133. The Bertz CT molecular complexity index is 683. The van der Waals surface area contributed by atoms with E-state index in [0.717, 1.165) is 12.1 Å². The van der Waals surface area contributed by atoms with E-state index in [0.29, 0.717) is 0 Å². The third kappa shape index (κ3) is 4.95. The number of carbonyl (C=O) groups excluding carboxylic acids is 3. The molecule has 23 heavy (non-hydrogen) atoms. The van der Waals surface area contributed by atoms with Crippen LogP contribution in [0.5, 0.6) is 0 Å². The third-order valence-electron chi connectivity index (χ3n) is 2.80. The summed E-state index contributed by atoms with van der Waals surface area (Å²) in [7, 11) is 0. The van der Waals surface area contributed by atoms with Gasteiger partial charge in [-0.05, 0) is 36.4 Å². The first-order valence-electron chi connectivity index (χ1n) is 6.72. The quantitative estimate of drug-likeness (QED) is 0.716. The summed E-state index contributed by atoms with van der Waals surface area (Å²) in [5.74, 6) is -1.80. The summed E-state index contributed by atoms with van der Waals surface area (Å²) in [6, 6.07) is 7.94. The number of benzene rings is 1. The van der Waals surface area contributed by atoms with Crippen LogP contribution in [0.1, 0.15) is 27.3 Å². The number of halogens is 1. The van der Waals surface area contributed by atoms with Crippen molar-refractivity contribution in [2.24, 2.45) is 0 Å². The summed E-state index contributed by atoms with van der Waals surface area (Å²) < 4.78 is 17.6. The van der Waals surface area contributed by atoms with Gasteiger partial charge in [-0.25, -0.2) is 4.39 Å². The highest BCUT2D eigenvalue weighted by Crippen LogP contribution is 2.02. The molecule has 0 aliphatic carbocycles. The Morgan fingerprint density at radius 3 is 2.39 bits per heavy atom. The van der Waals surface area contributed by atoms with E-state index in [1.807, 2.05) is 0 Å². The van der Waals surface area contributed by atoms with E-state index >= 15 is 0 Å². The van der Waals surface area contributed by atoms with Gasteiger partial charge in [0.05, 0.1) is 6.26 Å². The van der Waals surface area contributed by atoms with Gasteiger partial charge in [0, 0.05) is 18.5 Å². The average molecular weight is 319 g/mol. The predicted octanol–water partition coefficient (Wildman–Crippen LogP) is 1.000. The van der Waals surface area contributed by atoms with Crippen LogP contribution in [0, 0.1) is 5.82 Å². The number of amides is 3. The zero-order valence-corrected chi connectivity index (χ0v) is 12.0. The van der Waals surface area contributed by atoms with Crippen LogP contribution in [0.4, 0.5) is 4.39 Å². The first-order valence-corrected chi connectivity index (χ1v) is 6.72. The Morgan fingerprint density at radius 2 is 1.74 bits per heavy atom. The number of rotatable bonds is 5. The zero-order chi connectivity index (χ0) is 16.7. The molecule has 1 aromatic carbocycles. The molecular formula is C15H14FN3O4. The highest BCUT2D eigenvalue weighted by Gasteiger charge is 2.10. The van der Waals surface area contributed by atoms with E-state index < -0.39 is 23.5 Å². The predicted molar refractivity (Wildman–Crippen MR) is 77.7 cm³/mol. The molecule has 0 aliphatic heterocycles. The van der Waals surface area contributed by atoms with Crippen molar-refractivity contribution in [1.29, 1.82) is 0 Å². The number of furan rings is 1. The second-order valence-electron chi connectivity index (χ2n) is 4.49. The van der Waals surface area contributed by atoms with Crippen LogP contribution in [-0.4, -0.2) is 24.3 Å². The summed E-state index contributed by atoms with van der Waals surface area (Å²) >= 11 is 0. The molecule has 1 aromatic heterocycles. The lowest BCUT2D eigenvalue weighted by Gasteiger charge is -2.07. The molecule has 2 rings (SSSR count). The van der Waals surface area contributed by atoms with Crippen molar-refractivity contribution in [3.8, 4) is 0 Å². The summed E-state index contributed by atoms with van der Waals surface area (Å²) in [4.78, 5) is 34.7. The lowest BCUT2D eigenvalue weighted by atomic mass is 10.2. The lowest BCUT2D eigenvalue weighted by Crippen LogP contribution is -2.42. The van der Waals surface area contributed by atoms with Crippen LogP contribution >= 0.6 is 0 Å². The number of nitrogens with one attached hydrogen (secondary N) is 3. The molecular weight excluding hydrogens is 305 g/mol. The fourth-order valence-corrected chi connectivity index (χ4v) is 1.65. The van der Waals surface area contributed by atoms with E-state index in [1.165, 1.54) is 24.5 Å². The second-order valence-corrected chi connectivity index (χ2v) is 4.49. The van der Waals surface area contributed by atoms with Crippen molar-refractivity contribution in [1.82, 2.24) is 16.2 Å². The van der Waals surface area contributed by atoms with Gasteiger partial charge in [-0.15, -0.1) is 0 Å². The molecule has 0 saturated heterocycles. The van der Waals surface area contributed by atoms with Gasteiger partial charge in [0.1, 0.15) is 5.82 Å². The molecule has 3 amide bonds. The zero-order valence-electron chi connectivity index (χ0n) is 12.0. The standard InChI is InChI=1S/C15H14FN3O4/c16-11-5-3-10(4-6-11)14(21)19-18-13(20)7-8-17-15(22)12-2-1-9-23-12/h1-6,9H,7-8H2,(H,17,22)(H,18,20)(H,19,21). The first kappa shape index (κ1) is 16.2. The molecule has 120 valence electrons. The fourth-order valence-electron chi connectivity index (χ4n) is 1.65. The largest absolute Gasteiger partial charge is 0.459 e. The van der Waals surface area contributed by atoms with E-state index in [4.69, 9.17) is 4.42 Å². The van der Waals surface area contributed by atoms with Gasteiger partial charge in [0.2, 0.25) is 5.91 Å². The summed E-state index contributed by atoms with van der Waals surface area (Å²) in [5.41, 5.74) is 4.60. The number of hydrazine groups is 1. The second kappa shape index (κ2) is 7.74. The van der Waals surface area contributed by atoms with Crippen LogP contribution in [0.25, 0.3) is 0 Å². The van der Waals surface area contributed by atoms with Crippen LogP contribution in [0.3, 0.4) is 0 Å².